The average molecular weight is 510 g/mol. The Morgan fingerprint density at radius 3 is 2.76 bits per heavy atom. The van der Waals surface area contributed by atoms with Crippen LogP contribution in [-0.2, 0) is 17.7 Å². The molecule has 0 aliphatic carbocycles. The minimum atomic E-state index is 0. The fraction of sp³-hybridized carbons (Fsp3) is 0.409. The molecule has 2 aromatic carbocycles. The van der Waals surface area contributed by atoms with Gasteiger partial charge in [0.15, 0.2) is 5.96 Å². The molecule has 1 saturated heterocycles. The van der Waals surface area contributed by atoms with E-state index >= 15 is 0 Å². The second kappa shape index (κ2) is 12.7. The first kappa shape index (κ1) is 23.4. The lowest BCUT2D eigenvalue weighted by atomic mass is 10.1. The van der Waals surface area contributed by atoms with Gasteiger partial charge >= 0.3 is 0 Å². The molecule has 0 unspecified atom stereocenters. The summed E-state index contributed by atoms with van der Waals surface area (Å²) in [6, 6.07) is 16.2. The van der Waals surface area contributed by atoms with Crippen molar-refractivity contribution >= 4 is 35.6 Å². The quantitative estimate of drug-likeness (QED) is 0.323. The zero-order chi connectivity index (χ0) is 19.6. The van der Waals surface area contributed by atoms with Crippen molar-refractivity contribution in [3.8, 4) is 5.75 Å². The van der Waals surface area contributed by atoms with Gasteiger partial charge in [0.05, 0.1) is 19.8 Å². The van der Waals surface area contributed by atoms with Crippen molar-refractivity contribution < 1.29 is 9.47 Å². The Hall–Kier alpha value is -1.84. The predicted molar refractivity (Wildman–Crippen MR) is 129 cm³/mol. The maximum absolute atomic E-state index is 6.07. The first-order valence-corrected chi connectivity index (χ1v) is 9.91. The summed E-state index contributed by atoms with van der Waals surface area (Å²) in [7, 11) is 0. The number of aliphatic imine (C=N–C) groups is 1. The lowest BCUT2D eigenvalue weighted by Crippen LogP contribution is -2.38. The van der Waals surface area contributed by atoms with Crippen molar-refractivity contribution in [2.24, 2.45) is 10.7 Å². The number of benzene rings is 2. The number of para-hydroxylation sites is 1. The molecule has 6 nitrogen and oxygen atoms in total. The number of morpholine rings is 1. The Morgan fingerprint density at radius 1 is 1.17 bits per heavy atom. The fourth-order valence-electron chi connectivity index (χ4n) is 3.11. The molecule has 0 atom stereocenters. The van der Waals surface area contributed by atoms with Crippen molar-refractivity contribution in [2.75, 3.05) is 44.8 Å². The lowest BCUT2D eigenvalue weighted by Gasteiger charge is -2.26. The van der Waals surface area contributed by atoms with E-state index in [0.29, 0.717) is 19.1 Å². The normalized spacial score (nSPS) is 14.9. The summed E-state index contributed by atoms with van der Waals surface area (Å²) >= 11 is 0. The van der Waals surface area contributed by atoms with Gasteiger partial charge in [-0.1, -0.05) is 37.3 Å². The number of guanidine groups is 1. The van der Waals surface area contributed by atoms with Crippen LogP contribution in [0.3, 0.4) is 0 Å². The summed E-state index contributed by atoms with van der Waals surface area (Å²) in [6.07, 6.45) is 0.988. The molecule has 0 saturated carbocycles. The highest BCUT2D eigenvalue weighted by atomic mass is 127. The molecule has 0 bridgehead atoms. The third kappa shape index (κ3) is 7.83. The molecule has 1 fully saturated rings. The Kier molecular flexibility index (Phi) is 10.2. The molecule has 1 heterocycles. The maximum Gasteiger partial charge on any atom is 0.193 e. The van der Waals surface area contributed by atoms with Crippen LogP contribution in [0.25, 0.3) is 0 Å². The summed E-state index contributed by atoms with van der Waals surface area (Å²) in [4.78, 5) is 6.84. The van der Waals surface area contributed by atoms with Crippen molar-refractivity contribution in [2.45, 2.75) is 19.9 Å². The van der Waals surface area contributed by atoms with Crippen LogP contribution in [0.5, 0.6) is 5.75 Å². The van der Waals surface area contributed by atoms with E-state index in [0.717, 1.165) is 56.3 Å². The van der Waals surface area contributed by atoms with Crippen LogP contribution < -0.4 is 15.8 Å². The van der Waals surface area contributed by atoms with E-state index in [-0.39, 0.29) is 24.0 Å². The van der Waals surface area contributed by atoms with Crippen LogP contribution in [0.4, 0.5) is 5.69 Å². The first-order valence-electron chi connectivity index (χ1n) is 9.91. The molecule has 0 amide bonds. The molecule has 0 aromatic heterocycles. The van der Waals surface area contributed by atoms with Crippen LogP contribution in [0.2, 0.25) is 0 Å². The number of nitrogens with zero attached hydrogens (tertiary/aromatic N) is 2. The topological polar surface area (TPSA) is 72.1 Å². The van der Waals surface area contributed by atoms with Gasteiger partial charge in [-0.15, -0.1) is 24.0 Å². The Bertz CT molecular complexity index is 779. The van der Waals surface area contributed by atoms with Gasteiger partial charge in [0.2, 0.25) is 0 Å². The maximum atomic E-state index is 6.07. The highest BCUT2D eigenvalue weighted by molar-refractivity contribution is 14.0. The molecule has 0 radical (unpaired) electrons. The molecule has 7 heteroatoms. The highest BCUT2D eigenvalue weighted by Gasteiger charge is 2.10. The number of rotatable bonds is 8. The van der Waals surface area contributed by atoms with E-state index < -0.39 is 0 Å². The molecular formula is C22H31IN4O2. The second-order valence-electron chi connectivity index (χ2n) is 6.79. The summed E-state index contributed by atoms with van der Waals surface area (Å²) in [5.41, 5.74) is 9.31. The molecule has 3 N–H and O–H groups in total. The van der Waals surface area contributed by atoms with Gasteiger partial charge in [0.25, 0.3) is 0 Å². The standard InChI is InChI=1S/C22H30N4O2.HI/c1-2-18-6-5-8-20(16-18)25-22(23)24-17-19-7-3-4-9-21(19)28-15-12-26-10-13-27-14-11-26;/h3-9,16H,2,10-15,17H2,1H3,(H3,23,24,25);1H. The Morgan fingerprint density at radius 2 is 1.97 bits per heavy atom. The number of aryl methyl sites for hydroxylation is 1. The van der Waals surface area contributed by atoms with Gasteiger partial charge in [-0.05, 0) is 30.2 Å². The van der Waals surface area contributed by atoms with Gasteiger partial charge < -0.3 is 20.5 Å². The third-order valence-electron chi connectivity index (χ3n) is 4.77. The number of hydrogen-bond donors (Lipinski definition) is 2. The number of halogens is 1. The molecule has 2 aromatic rings. The lowest BCUT2D eigenvalue weighted by molar-refractivity contribution is 0.0322. The Balaban J connectivity index is 0.00000300. The van der Waals surface area contributed by atoms with Crippen molar-refractivity contribution in [1.82, 2.24) is 4.90 Å². The van der Waals surface area contributed by atoms with Crippen LogP contribution in [-0.4, -0.2) is 50.3 Å². The largest absolute Gasteiger partial charge is 0.492 e. The molecule has 0 spiro atoms. The van der Waals surface area contributed by atoms with Crippen molar-refractivity contribution in [1.29, 1.82) is 0 Å². The number of hydrogen-bond acceptors (Lipinski definition) is 4. The van der Waals surface area contributed by atoms with E-state index in [2.05, 4.69) is 34.3 Å². The minimum Gasteiger partial charge on any atom is -0.492 e. The van der Waals surface area contributed by atoms with Crippen LogP contribution in [0.15, 0.2) is 53.5 Å². The first-order chi connectivity index (χ1) is 13.7. The van der Waals surface area contributed by atoms with Crippen molar-refractivity contribution in [3.05, 3.63) is 59.7 Å². The van der Waals surface area contributed by atoms with E-state index in [4.69, 9.17) is 15.2 Å². The van der Waals surface area contributed by atoms with E-state index in [1.165, 1.54) is 5.56 Å². The molecule has 3 rings (SSSR count). The monoisotopic (exact) mass is 510 g/mol. The molecule has 158 valence electrons. The van der Waals surface area contributed by atoms with Gasteiger partial charge in [0.1, 0.15) is 12.4 Å². The zero-order valence-corrected chi connectivity index (χ0v) is 19.3. The number of nitrogens with two attached hydrogens (primary N) is 1. The number of nitrogens with one attached hydrogen (secondary N) is 1. The predicted octanol–water partition coefficient (Wildman–Crippen LogP) is 3.50. The molecule has 1 aliphatic heterocycles. The van der Waals surface area contributed by atoms with Gasteiger partial charge in [-0.2, -0.15) is 0 Å². The smallest absolute Gasteiger partial charge is 0.193 e. The SMILES string of the molecule is CCc1cccc(NC(N)=NCc2ccccc2OCCN2CCOCC2)c1.I. The molecular weight excluding hydrogens is 479 g/mol. The Labute approximate surface area is 190 Å². The highest BCUT2D eigenvalue weighted by Crippen LogP contribution is 2.19. The van der Waals surface area contributed by atoms with E-state index in [1.807, 2.05) is 36.4 Å². The average Bonchev–Trinajstić information content (AvgIpc) is 2.74. The zero-order valence-electron chi connectivity index (χ0n) is 17.0. The van der Waals surface area contributed by atoms with E-state index in [1.54, 1.807) is 0 Å². The van der Waals surface area contributed by atoms with Crippen LogP contribution >= 0.6 is 24.0 Å². The van der Waals surface area contributed by atoms with Gasteiger partial charge in [0, 0.05) is 30.9 Å². The number of ether oxygens (including phenoxy) is 2. The summed E-state index contributed by atoms with van der Waals surface area (Å²) in [5.74, 6) is 1.26. The molecule has 29 heavy (non-hydrogen) atoms. The third-order valence-corrected chi connectivity index (χ3v) is 4.77. The minimum absolute atomic E-state index is 0. The van der Waals surface area contributed by atoms with E-state index in [9.17, 15) is 0 Å². The fourth-order valence-corrected chi connectivity index (χ4v) is 3.11. The van der Waals surface area contributed by atoms with Crippen molar-refractivity contribution in [3.63, 3.8) is 0 Å². The van der Waals surface area contributed by atoms with Gasteiger partial charge in [-0.3, -0.25) is 4.90 Å². The molecule has 1 aliphatic rings. The second-order valence-corrected chi connectivity index (χ2v) is 6.79. The number of anilines is 1. The van der Waals surface area contributed by atoms with Crippen LogP contribution in [0, 0.1) is 0 Å². The van der Waals surface area contributed by atoms with Gasteiger partial charge in [-0.25, -0.2) is 4.99 Å². The summed E-state index contributed by atoms with van der Waals surface area (Å²) < 4.78 is 11.4. The summed E-state index contributed by atoms with van der Waals surface area (Å²) in [5, 5.41) is 3.16. The summed E-state index contributed by atoms with van der Waals surface area (Å²) in [6.45, 7) is 7.70. The van der Waals surface area contributed by atoms with Crippen LogP contribution in [0.1, 0.15) is 18.1 Å².